The molecule has 14 heavy (non-hydrogen) atoms. The molecule has 1 aliphatic rings. The minimum atomic E-state index is -0.398. The predicted molar refractivity (Wildman–Crippen MR) is 61.3 cm³/mol. The van der Waals surface area contributed by atoms with Gasteiger partial charge in [-0.05, 0) is 31.1 Å². The van der Waals surface area contributed by atoms with Crippen LogP contribution >= 0.6 is 0 Å². The molecule has 1 saturated carbocycles. The van der Waals surface area contributed by atoms with Crippen LogP contribution in [-0.2, 0) is 0 Å². The summed E-state index contributed by atoms with van der Waals surface area (Å²) in [5.41, 5.74) is -0.398. The maximum Gasteiger partial charge on any atom is 0.0695 e. The molecule has 0 bridgehead atoms. The lowest BCUT2D eigenvalue weighted by atomic mass is 9.73. The molecule has 1 nitrogen and oxygen atoms in total. The number of hydrogen-bond acceptors (Lipinski definition) is 1. The van der Waals surface area contributed by atoms with E-state index in [1.165, 1.54) is 38.5 Å². The van der Waals surface area contributed by atoms with Gasteiger partial charge in [0.25, 0.3) is 0 Å². The fraction of sp³-hybridized carbons (Fsp3) is 1.00. The SMILES string of the molecule is CCC(O)(C(C)C)C1CCCCCC1. The van der Waals surface area contributed by atoms with E-state index < -0.39 is 5.60 Å². The summed E-state index contributed by atoms with van der Waals surface area (Å²) < 4.78 is 0. The molecule has 0 aromatic rings. The third-order valence-corrected chi connectivity index (χ3v) is 4.13. The molecule has 0 amide bonds. The molecule has 0 aliphatic heterocycles. The second-order valence-electron chi connectivity index (χ2n) is 5.19. The monoisotopic (exact) mass is 198 g/mol. The smallest absolute Gasteiger partial charge is 0.0695 e. The molecule has 0 heterocycles. The van der Waals surface area contributed by atoms with Crippen molar-refractivity contribution in [1.82, 2.24) is 0 Å². The van der Waals surface area contributed by atoms with Crippen molar-refractivity contribution in [2.75, 3.05) is 0 Å². The van der Waals surface area contributed by atoms with Crippen molar-refractivity contribution < 1.29 is 5.11 Å². The van der Waals surface area contributed by atoms with Crippen LogP contribution in [0, 0.1) is 11.8 Å². The van der Waals surface area contributed by atoms with E-state index in [9.17, 15) is 5.11 Å². The first-order valence-electron chi connectivity index (χ1n) is 6.33. The molecule has 84 valence electrons. The Bertz CT molecular complexity index is 157. The van der Waals surface area contributed by atoms with Crippen molar-refractivity contribution in [3.8, 4) is 0 Å². The Labute approximate surface area is 88.9 Å². The van der Waals surface area contributed by atoms with Gasteiger partial charge in [0.2, 0.25) is 0 Å². The third kappa shape index (κ3) is 2.50. The van der Waals surface area contributed by atoms with E-state index in [1.807, 2.05) is 0 Å². The van der Waals surface area contributed by atoms with Crippen molar-refractivity contribution in [3.63, 3.8) is 0 Å². The van der Waals surface area contributed by atoms with Crippen molar-refractivity contribution in [1.29, 1.82) is 0 Å². The minimum absolute atomic E-state index is 0.398. The highest BCUT2D eigenvalue weighted by molar-refractivity contribution is 4.88. The van der Waals surface area contributed by atoms with Crippen LogP contribution in [0.5, 0.6) is 0 Å². The van der Waals surface area contributed by atoms with E-state index in [0.29, 0.717) is 11.8 Å². The summed E-state index contributed by atoms with van der Waals surface area (Å²) >= 11 is 0. The molecule has 1 aliphatic carbocycles. The van der Waals surface area contributed by atoms with Gasteiger partial charge in [0.1, 0.15) is 0 Å². The largest absolute Gasteiger partial charge is 0.389 e. The van der Waals surface area contributed by atoms with Crippen molar-refractivity contribution in [2.24, 2.45) is 11.8 Å². The van der Waals surface area contributed by atoms with Gasteiger partial charge < -0.3 is 5.11 Å². The van der Waals surface area contributed by atoms with Crippen LogP contribution < -0.4 is 0 Å². The van der Waals surface area contributed by atoms with E-state index in [0.717, 1.165) is 6.42 Å². The van der Waals surface area contributed by atoms with Crippen LogP contribution in [0.15, 0.2) is 0 Å². The fourth-order valence-electron chi connectivity index (χ4n) is 2.95. The highest BCUT2D eigenvalue weighted by Gasteiger charge is 2.37. The summed E-state index contributed by atoms with van der Waals surface area (Å²) in [4.78, 5) is 0. The van der Waals surface area contributed by atoms with Crippen molar-refractivity contribution in [2.45, 2.75) is 71.3 Å². The van der Waals surface area contributed by atoms with Gasteiger partial charge in [-0.3, -0.25) is 0 Å². The van der Waals surface area contributed by atoms with E-state index in [1.54, 1.807) is 0 Å². The maximum absolute atomic E-state index is 10.6. The fourth-order valence-corrected chi connectivity index (χ4v) is 2.95. The van der Waals surface area contributed by atoms with E-state index >= 15 is 0 Å². The van der Waals surface area contributed by atoms with E-state index in [4.69, 9.17) is 0 Å². The minimum Gasteiger partial charge on any atom is -0.389 e. The second-order valence-corrected chi connectivity index (χ2v) is 5.19. The van der Waals surface area contributed by atoms with Crippen LogP contribution in [0.2, 0.25) is 0 Å². The standard InChI is InChI=1S/C13H26O/c1-4-13(14,11(2)3)12-9-7-5-6-8-10-12/h11-12,14H,4-10H2,1-3H3. The van der Waals surface area contributed by atoms with Gasteiger partial charge in [0.15, 0.2) is 0 Å². The lowest BCUT2D eigenvalue weighted by Gasteiger charge is -2.39. The first kappa shape index (κ1) is 12.0. The van der Waals surface area contributed by atoms with Gasteiger partial charge in [0.05, 0.1) is 5.60 Å². The molecule has 1 rings (SSSR count). The van der Waals surface area contributed by atoms with E-state index in [2.05, 4.69) is 20.8 Å². The highest BCUT2D eigenvalue weighted by atomic mass is 16.3. The molecule has 1 heteroatoms. The zero-order valence-corrected chi connectivity index (χ0v) is 10.1. The van der Waals surface area contributed by atoms with Gasteiger partial charge in [-0.1, -0.05) is 46.5 Å². The molecule has 0 saturated heterocycles. The third-order valence-electron chi connectivity index (χ3n) is 4.13. The van der Waals surface area contributed by atoms with Crippen LogP contribution in [0.4, 0.5) is 0 Å². The Balaban J connectivity index is 2.66. The van der Waals surface area contributed by atoms with Gasteiger partial charge in [-0.15, -0.1) is 0 Å². The van der Waals surface area contributed by atoms with Crippen LogP contribution in [0.25, 0.3) is 0 Å². The summed E-state index contributed by atoms with van der Waals surface area (Å²) in [6.07, 6.45) is 8.77. The molecular weight excluding hydrogens is 172 g/mol. The zero-order chi connectivity index (χ0) is 10.6. The van der Waals surface area contributed by atoms with Gasteiger partial charge in [-0.25, -0.2) is 0 Å². The Kier molecular flexibility index (Phi) is 4.43. The highest BCUT2D eigenvalue weighted by Crippen LogP contribution is 2.38. The lowest BCUT2D eigenvalue weighted by Crippen LogP contribution is -2.42. The Morgan fingerprint density at radius 1 is 1.14 bits per heavy atom. The van der Waals surface area contributed by atoms with Crippen molar-refractivity contribution in [3.05, 3.63) is 0 Å². The quantitative estimate of drug-likeness (QED) is 0.685. The van der Waals surface area contributed by atoms with Crippen LogP contribution in [0.1, 0.15) is 65.7 Å². The van der Waals surface area contributed by atoms with Gasteiger partial charge in [-0.2, -0.15) is 0 Å². The normalized spacial score (nSPS) is 24.6. The number of aliphatic hydroxyl groups is 1. The number of hydrogen-bond donors (Lipinski definition) is 1. The first-order valence-corrected chi connectivity index (χ1v) is 6.33. The predicted octanol–water partition coefficient (Wildman–Crippen LogP) is 3.75. The summed E-state index contributed by atoms with van der Waals surface area (Å²) in [6.45, 7) is 6.45. The average molecular weight is 198 g/mol. The molecule has 0 radical (unpaired) electrons. The Morgan fingerprint density at radius 2 is 1.64 bits per heavy atom. The van der Waals surface area contributed by atoms with Gasteiger partial charge in [0, 0.05) is 0 Å². The van der Waals surface area contributed by atoms with Crippen LogP contribution in [-0.4, -0.2) is 10.7 Å². The topological polar surface area (TPSA) is 20.2 Å². The molecule has 1 unspecified atom stereocenters. The summed E-state index contributed by atoms with van der Waals surface area (Å²) in [6, 6.07) is 0. The lowest BCUT2D eigenvalue weighted by molar-refractivity contribution is -0.0669. The summed E-state index contributed by atoms with van der Waals surface area (Å²) in [5.74, 6) is 0.950. The second kappa shape index (κ2) is 5.16. The average Bonchev–Trinajstić information content (AvgIpc) is 2.44. The van der Waals surface area contributed by atoms with Gasteiger partial charge >= 0.3 is 0 Å². The molecule has 1 fully saturated rings. The Hall–Kier alpha value is -0.0400. The van der Waals surface area contributed by atoms with Crippen molar-refractivity contribution >= 4 is 0 Å². The summed E-state index contributed by atoms with van der Waals surface area (Å²) in [7, 11) is 0. The van der Waals surface area contributed by atoms with E-state index in [-0.39, 0.29) is 0 Å². The zero-order valence-electron chi connectivity index (χ0n) is 10.1. The first-order chi connectivity index (χ1) is 6.61. The summed E-state index contributed by atoms with van der Waals surface area (Å²) in [5, 5.41) is 10.6. The number of rotatable bonds is 3. The Morgan fingerprint density at radius 3 is 2.00 bits per heavy atom. The molecule has 0 spiro atoms. The molecular formula is C13H26O. The molecule has 0 aromatic heterocycles. The molecule has 1 N–H and O–H groups in total. The molecule has 1 atom stereocenters. The van der Waals surface area contributed by atoms with Crippen LogP contribution in [0.3, 0.4) is 0 Å². The maximum atomic E-state index is 10.6. The molecule has 0 aromatic carbocycles.